The van der Waals surface area contributed by atoms with Crippen molar-refractivity contribution in [3.63, 3.8) is 0 Å². The fourth-order valence-electron chi connectivity index (χ4n) is 11.0. The van der Waals surface area contributed by atoms with Crippen molar-refractivity contribution in [3.8, 4) is 11.5 Å². The molecule has 0 saturated heterocycles. The molecule has 8 aliphatic rings. The van der Waals surface area contributed by atoms with Crippen molar-refractivity contribution in [2.45, 2.75) is 87.9 Å². The summed E-state index contributed by atoms with van der Waals surface area (Å²) < 4.78 is 0. The largest absolute Gasteiger partial charge is 0.504 e. The molecule has 0 spiro atoms. The predicted molar refractivity (Wildman–Crippen MR) is 127 cm³/mol. The zero-order chi connectivity index (χ0) is 21.2. The lowest BCUT2D eigenvalue weighted by molar-refractivity contribution is -0.00626. The smallest absolute Gasteiger partial charge is 0.165 e. The van der Waals surface area contributed by atoms with Crippen molar-refractivity contribution in [3.05, 3.63) is 35.4 Å². The van der Waals surface area contributed by atoms with Crippen LogP contribution in [0, 0.1) is 35.5 Å². The fraction of sp³-hybridized carbons (Fsp3) is 0.667. The summed E-state index contributed by atoms with van der Waals surface area (Å²) in [6.45, 7) is 0. The third-order valence-electron chi connectivity index (χ3n) is 11.3. The highest BCUT2D eigenvalue weighted by atomic mass is 16.3. The van der Waals surface area contributed by atoms with Gasteiger partial charge < -0.3 is 10.2 Å². The van der Waals surface area contributed by atoms with Crippen LogP contribution in [0.3, 0.4) is 0 Å². The fourth-order valence-corrected chi connectivity index (χ4v) is 11.0. The minimum absolute atomic E-state index is 0.100. The Morgan fingerprint density at radius 3 is 1.53 bits per heavy atom. The van der Waals surface area contributed by atoms with E-state index in [1.165, 1.54) is 82.6 Å². The van der Waals surface area contributed by atoms with E-state index in [-0.39, 0.29) is 16.9 Å². The maximum Gasteiger partial charge on any atom is 0.165 e. The van der Waals surface area contributed by atoms with Gasteiger partial charge in [-0.2, -0.15) is 0 Å². The molecule has 2 heteroatoms. The average Bonchev–Trinajstić information content (AvgIpc) is 2.74. The molecule has 2 nitrogen and oxygen atoms in total. The molecule has 0 heterocycles. The van der Waals surface area contributed by atoms with Gasteiger partial charge in [-0.1, -0.05) is 12.1 Å². The van der Waals surface area contributed by atoms with Crippen LogP contribution in [0.5, 0.6) is 11.5 Å². The van der Waals surface area contributed by atoms with E-state index < -0.39 is 0 Å². The maximum atomic E-state index is 11.3. The zero-order valence-electron chi connectivity index (χ0n) is 19.2. The zero-order valence-corrected chi connectivity index (χ0v) is 19.2. The first kappa shape index (κ1) is 18.7. The number of phenolic OH excluding ortho intramolecular Hbond substituents is 2. The predicted octanol–water partition coefficient (Wildman–Crippen LogP) is 7.19. The van der Waals surface area contributed by atoms with Crippen LogP contribution in [0.15, 0.2) is 24.3 Å². The number of aromatic hydroxyl groups is 2. The molecule has 2 N–H and O–H groups in total. The van der Waals surface area contributed by atoms with E-state index in [1.807, 2.05) is 0 Å². The molecule has 8 saturated carbocycles. The molecule has 2 aromatic rings. The highest BCUT2D eigenvalue weighted by molar-refractivity contribution is 5.92. The van der Waals surface area contributed by atoms with Gasteiger partial charge >= 0.3 is 0 Å². The molecular formula is C30H36O2. The van der Waals surface area contributed by atoms with Gasteiger partial charge in [0, 0.05) is 10.9 Å². The molecule has 8 aliphatic carbocycles. The SMILES string of the molecule is Oc1c(C23CC4CC(CC(C4)C2)C3)cc2ccc(C34CC5CC(CC(C5)C3)C4)cc2c1O. The monoisotopic (exact) mass is 428 g/mol. The van der Waals surface area contributed by atoms with E-state index in [2.05, 4.69) is 24.3 Å². The van der Waals surface area contributed by atoms with E-state index in [1.54, 1.807) is 0 Å². The number of phenols is 2. The first-order valence-electron chi connectivity index (χ1n) is 13.5. The Kier molecular flexibility index (Phi) is 3.53. The summed E-state index contributed by atoms with van der Waals surface area (Å²) in [6.07, 6.45) is 16.2. The van der Waals surface area contributed by atoms with Gasteiger partial charge in [0.05, 0.1) is 0 Å². The molecule has 0 aromatic heterocycles. The molecule has 8 bridgehead atoms. The molecule has 0 amide bonds. The van der Waals surface area contributed by atoms with Crippen LogP contribution in [0.1, 0.15) is 88.2 Å². The van der Waals surface area contributed by atoms with Gasteiger partial charge in [0.2, 0.25) is 0 Å². The number of benzene rings is 2. The van der Waals surface area contributed by atoms with Gasteiger partial charge in [-0.25, -0.2) is 0 Å². The van der Waals surface area contributed by atoms with Gasteiger partial charge in [0.25, 0.3) is 0 Å². The Hall–Kier alpha value is -1.70. The number of hydrogen-bond acceptors (Lipinski definition) is 2. The van der Waals surface area contributed by atoms with Crippen LogP contribution in [-0.4, -0.2) is 10.2 Å². The lowest BCUT2D eigenvalue weighted by Gasteiger charge is -2.57. The highest BCUT2D eigenvalue weighted by Crippen LogP contribution is 2.64. The second kappa shape index (κ2) is 6.05. The molecule has 2 aromatic carbocycles. The minimum atomic E-state index is 0.100. The molecule has 10 rings (SSSR count). The molecule has 0 atom stereocenters. The Bertz CT molecular complexity index is 1060. The van der Waals surface area contributed by atoms with Crippen LogP contribution >= 0.6 is 0 Å². The first-order valence-corrected chi connectivity index (χ1v) is 13.5. The molecule has 0 aliphatic heterocycles. The summed E-state index contributed by atoms with van der Waals surface area (Å²) in [4.78, 5) is 0. The van der Waals surface area contributed by atoms with Crippen molar-refractivity contribution in [2.75, 3.05) is 0 Å². The molecule has 168 valence electrons. The molecule has 0 unspecified atom stereocenters. The standard InChI is InChI=1S/C30H36O2/c31-27-25-10-24(29-11-17-3-18(12-29)5-19(4-17)13-29)2-1-23(25)9-26(28(27)32)30-14-20-6-21(15-30)8-22(7-20)16-30/h1-2,9-10,17-22,31-32H,3-8,11-16H2. The number of hydrogen-bond donors (Lipinski definition) is 2. The van der Waals surface area contributed by atoms with Crippen LogP contribution < -0.4 is 0 Å². The van der Waals surface area contributed by atoms with Gasteiger partial charge in [-0.15, -0.1) is 0 Å². The molecule has 0 radical (unpaired) electrons. The van der Waals surface area contributed by atoms with Gasteiger partial charge in [-0.05, 0) is 146 Å². The normalized spacial score (nSPS) is 45.8. The van der Waals surface area contributed by atoms with E-state index >= 15 is 0 Å². The maximum absolute atomic E-state index is 11.3. The van der Waals surface area contributed by atoms with Gasteiger partial charge in [0.1, 0.15) is 0 Å². The summed E-state index contributed by atoms with van der Waals surface area (Å²) in [5.41, 5.74) is 2.91. The second-order valence-electron chi connectivity index (χ2n) is 13.5. The van der Waals surface area contributed by atoms with Crippen molar-refractivity contribution in [2.24, 2.45) is 35.5 Å². The third kappa shape index (κ3) is 2.42. The Labute approximate surface area is 191 Å². The quantitative estimate of drug-likeness (QED) is 0.497. The van der Waals surface area contributed by atoms with Crippen molar-refractivity contribution < 1.29 is 10.2 Å². The van der Waals surface area contributed by atoms with Gasteiger partial charge in [0.15, 0.2) is 11.5 Å². The van der Waals surface area contributed by atoms with Crippen LogP contribution in [0.2, 0.25) is 0 Å². The topological polar surface area (TPSA) is 40.5 Å². The average molecular weight is 429 g/mol. The van der Waals surface area contributed by atoms with Crippen LogP contribution in [0.25, 0.3) is 10.8 Å². The van der Waals surface area contributed by atoms with Crippen molar-refractivity contribution >= 4 is 10.8 Å². The van der Waals surface area contributed by atoms with E-state index in [0.29, 0.717) is 5.41 Å². The highest BCUT2D eigenvalue weighted by Gasteiger charge is 2.53. The number of fused-ring (bicyclic) bond motifs is 1. The summed E-state index contributed by atoms with van der Waals surface area (Å²) in [5.74, 6) is 5.58. The molecular weight excluding hydrogens is 392 g/mol. The lowest BCUT2D eigenvalue weighted by atomic mass is 9.47. The first-order chi connectivity index (χ1) is 15.5. The summed E-state index contributed by atoms with van der Waals surface area (Å²) in [5, 5.41) is 24.6. The van der Waals surface area contributed by atoms with Gasteiger partial charge in [-0.3, -0.25) is 0 Å². The van der Waals surface area contributed by atoms with Crippen LogP contribution in [-0.2, 0) is 10.8 Å². The Balaban J connectivity index is 1.23. The van der Waals surface area contributed by atoms with E-state index in [0.717, 1.165) is 51.8 Å². The van der Waals surface area contributed by atoms with E-state index in [9.17, 15) is 10.2 Å². The van der Waals surface area contributed by atoms with E-state index in [4.69, 9.17) is 0 Å². The summed E-state index contributed by atoms with van der Waals surface area (Å²) in [6, 6.07) is 9.18. The Morgan fingerprint density at radius 2 is 1.03 bits per heavy atom. The van der Waals surface area contributed by atoms with Crippen LogP contribution in [0.4, 0.5) is 0 Å². The summed E-state index contributed by atoms with van der Waals surface area (Å²) in [7, 11) is 0. The number of rotatable bonds is 2. The minimum Gasteiger partial charge on any atom is -0.504 e. The van der Waals surface area contributed by atoms with Crippen molar-refractivity contribution in [1.29, 1.82) is 0 Å². The lowest BCUT2D eigenvalue weighted by Crippen LogP contribution is -2.48. The second-order valence-corrected chi connectivity index (χ2v) is 13.5. The Morgan fingerprint density at radius 1 is 0.562 bits per heavy atom. The molecule has 8 fully saturated rings. The third-order valence-corrected chi connectivity index (χ3v) is 11.3. The van der Waals surface area contributed by atoms with Crippen molar-refractivity contribution in [1.82, 2.24) is 0 Å². The molecule has 32 heavy (non-hydrogen) atoms. The summed E-state index contributed by atoms with van der Waals surface area (Å²) >= 11 is 0.